The van der Waals surface area contributed by atoms with E-state index in [0.717, 1.165) is 27.6 Å². The van der Waals surface area contributed by atoms with Crippen LogP contribution in [0.5, 0.6) is 0 Å². The normalized spacial score (nSPS) is 18.5. The third-order valence-corrected chi connectivity index (χ3v) is 11.2. The van der Waals surface area contributed by atoms with Gasteiger partial charge in [0, 0.05) is 47.8 Å². The highest BCUT2D eigenvalue weighted by atomic mass is 19.1. The number of carbonyl (C=O) groups is 5. The third-order valence-electron chi connectivity index (χ3n) is 11.2. The van der Waals surface area contributed by atoms with E-state index in [1.165, 1.54) is 16.7 Å². The number of aromatic nitrogens is 2. The lowest BCUT2D eigenvalue weighted by Crippen LogP contribution is -2.44. The number of hydrogen-bond acceptors (Lipinski definition) is 9. The van der Waals surface area contributed by atoms with Crippen LogP contribution < -0.4 is 16.2 Å². The zero-order valence-corrected chi connectivity index (χ0v) is 30.6. The summed E-state index contributed by atoms with van der Waals surface area (Å²) in [7, 11) is 0. The van der Waals surface area contributed by atoms with Gasteiger partial charge in [-0.1, -0.05) is 43.7 Å². The van der Waals surface area contributed by atoms with Crippen molar-refractivity contribution in [2.45, 2.75) is 95.9 Å². The van der Waals surface area contributed by atoms with E-state index in [1.807, 2.05) is 30.3 Å². The van der Waals surface area contributed by atoms with Gasteiger partial charge in [-0.2, -0.15) is 0 Å². The lowest BCUT2D eigenvalue weighted by atomic mass is 9.83. The number of aliphatic hydroxyl groups is 1. The number of aryl methyl sites for hydroxylation is 1. The number of amides is 2. The summed E-state index contributed by atoms with van der Waals surface area (Å²) in [6, 6.07) is 13.4. The van der Waals surface area contributed by atoms with Crippen LogP contribution in [0.3, 0.4) is 0 Å². The van der Waals surface area contributed by atoms with E-state index in [1.54, 1.807) is 13.0 Å². The number of aldehydes is 1. The molecule has 0 unspecified atom stereocenters. The molecule has 2 aliphatic heterocycles. The largest absolute Gasteiger partial charge is 0.458 e. The van der Waals surface area contributed by atoms with Gasteiger partial charge < -0.3 is 29.8 Å². The fourth-order valence-electron chi connectivity index (χ4n) is 8.23. The van der Waals surface area contributed by atoms with Crippen molar-refractivity contribution in [3.8, 4) is 11.4 Å². The van der Waals surface area contributed by atoms with E-state index in [2.05, 4.69) is 10.6 Å². The van der Waals surface area contributed by atoms with Crippen LogP contribution in [0, 0.1) is 11.7 Å². The van der Waals surface area contributed by atoms with Gasteiger partial charge in [-0.25, -0.2) is 14.2 Å². The average molecular weight is 751 g/mol. The Labute approximate surface area is 316 Å². The topological polar surface area (TPSA) is 174 Å². The number of hydrogen-bond donors (Lipinski definition) is 3. The first-order valence-corrected chi connectivity index (χ1v) is 18.9. The lowest BCUT2D eigenvalue weighted by Gasteiger charge is -2.31. The van der Waals surface area contributed by atoms with Gasteiger partial charge in [-0.3, -0.25) is 19.2 Å². The smallest absolute Gasteiger partial charge is 0.343 e. The number of rotatable bonds is 15. The Balaban J connectivity index is 0.992. The Morgan fingerprint density at radius 2 is 1.87 bits per heavy atom. The van der Waals surface area contributed by atoms with Gasteiger partial charge in [-0.15, -0.1) is 0 Å². The predicted molar refractivity (Wildman–Crippen MR) is 199 cm³/mol. The second-order valence-electron chi connectivity index (χ2n) is 14.7. The molecule has 0 spiro atoms. The molecule has 2 amide bonds. The number of ketones is 1. The number of pyridine rings is 2. The molecule has 4 aromatic rings. The Morgan fingerprint density at radius 1 is 1.09 bits per heavy atom. The zero-order valence-electron chi connectivity index (χ0n) is 30.6. The maximum atomic E-state index is 14.8. The summed E-state index contributed by atoms with van der Waals surface area (Å²) >= 11 is 0. The van der Waals surface area contributed by atoms with Crippen LogP contribution in [0.25, 0.3) is 22.3 Å². The molecule has 0 fully saturated rings. The van der Waals surface area contributed by atoms with Crippen molar-refractivity contribution in [2.75, 3.05) is 6.54 Å². The number of ether oxygens (including phenoxy) is 1. The first kappa shape index (κ1) is 37.7. The number of Topliss-reactive ketones (excluding diaryl/α,β-unsaturated/α-hetero) is 1. The van der Waals surface area contributed by atoms with Crippen molar-refractivity contribution in [2.24, 2.45) is 5.92 Å². The minimum Gasteiger partial charge on any atom is -0.458 e. The standard InChI is InChI=1S/C42H43FN4O8/c1-2-42(54)31-20-34-38-29(22-47(34)40(52)30(31)23-55-41(42)53)37-32(14-13-25-18-27(43)19-33(46-38)36(25)37)45-35(50)12-8-4-7-11-28(49)21-44-39(51)26(15-16-48)17-24-9-5-3-6-10-24/h3,5-6,9-10,16,18-20,26,32,54H,2,4,7-8,11-15,17,21-23H2,1H3,(H,44,51)(H,45,50)/t26-,32-,42-/m0/s1. The molecule has 1 aliphatic carbocycles. The number of benzene rings is 2. The number of nitrogens with zero attached hydrogens (tertiary/aromatic N) is 2. The second kappa shape index (κ2) is 15.7. The SMILES string of the molecule is CC[C@@]1(O)C(=O)OCc2c1cc1n(c2=O)Cc2c-1nc1cc(F)cc3c1c2[C@@H](NC(=O)CCCCCC(=O)CNC(=O)[C@@H](CC=O)Cc1ccccc1)CC3. The molecule has 286 valence electrons. The molecule has 55 heavy (non-hydrogen) atoms. The van der Waals surface area contributed by atoms with E-state index < -0.39 is 34.9 Å². The molecule has 0 radical (unpaired) electrons. The highest BCUT2D eigenvalue weighted by Gasteiger charge is 2.46. The highest BCUT2D eigenvalue weighted by molar-refractivity contribution is 5.93. The molecule has 3 N–H and O–H groups in total. The van der Waals surface area contributed by atoms with Crippen LogP contribution in [0.4, 0.5) is 4.39 Å². The second-order valence-corrected chi connectivity index (χ2v) is 14.7. The Kier molecular flexibility index (Phi) is 10.7. The van der Waals surface area contributed by atoms with Crippen molar-refractivity contribution in [3.05, 3.63) is 98.1 Å². The summed E-state index contributed by atoms with van der Waals surface area (Å²) in [5, 5.41) is 17.9. The Bertz CT molecular complexity index is 2270. The minimum atomic E-state index is -1.99. The van der Waals surface area contributed by atoms with Crippen LogP contribution >= 0.6 is 0 Å². The Morgan fingerprint density at radius 3 is 2.64 bits per heavy atom. The number of carbonyl (C=O) groups excluding carboxylic acids is 5. The maximum absolute atomic E-state index is 14.8. The third kappa shape index (κ3) is 7.32. The van der Waals surface area contributed by atoms with Gasteiger partial charge in [0.05, 0.1) is 41.6 Å². The number of unbranched alkanes of at least 4 members (excludes halogenated alkanes) is 2. The molecule has 2 aromatic heterocycles. The number of esters is 1. The molecule has 0 saturated heterocycles. The van der Waals surface area contributed by atoms with E-state index >= 15 is 0 Å². The number of fused-ring (bicyclic) bond motifs is 5. The number of cyclic esters (lactones) is 1. The molecule has 0 bridgehead atoms. The molecule has 7 rings (SSSR count). The summed E-state index contributed by atoms with van der Waals surface area (Å²) in [4.78, 5) is 81.0. The molecule has 3 atom stereocenters. The molecule has 12 nitrogen and oxygen atoms in total. The van der Waals surface area contributed by atoms with Crippen molar-refractivity contribution in [3.63, 3.8) is 0 Å². The van der Waals surface area contributed by atoms with Crippen LogP contribution in [0.1, 0.15) is 97.7 Å². The fraction of sp³-hybridized carbons (Fsp3) is 0.405. The van der Waals surface area contributed by atoms with Crippen molar-refractivity contribution >= 4 is 40.8 Å². The molecule has 4 heterocycles. The van der Waals surface area contributed by atoms with Crippen molar-refractivity contribution in [1.82, 2.24) is 20.2 Å². The van der Waals surface area contributed by atoms with Gasteiger partial charge in [0.25, 0.3) is 5.56 Å². The average Bonchev–Trinajstić information content (AvgIpc) is 3.54. The van der Waals surface area contributed by atoms with Crippen molar-refractivity contribution in [1.29, 1.82) is 0 Å². The summed E-state index contributed by atoms with van der Waals surface area (Å²) in [5.41, 5.74) is 2.43. The van der Waals surface area contributed by atoms with Gasteiger partial charge in [-0.05, 0) is 67.3 Å². The van der Waals surface area contributed by atoms with E-state index in [9.17, 15) is 38.3 Å². The molecule has 0 saturated carbocycles. The van der Waals surface area contributed by atoms with Crippen LogP contribution in [0.2, 0.25) is 0 Å². The Hall–Kier alpha value is -5.56. The summed E-state index contributed by atoms with van der Waals surface area (Å²) < 4.78 is 21.6. The predicted octanol–water partition coefficient (Wildman–Crippen LogP) is 4.41. The first-order valence-electron chi connectivity index (χ1n) is 18.9. The van der Waals surface area contributed by atoms with Crippen LogP contribution in [-0.2, 0) is 60.3 Å². The molecular formula is C42H43FN4O8. The fourth-order valence-corrected chi connectivity index (χ4v) is 8.23. The van der Waals surface area contributed by atoms with Crippen LogP contribution in [-0.4, -0.2) is 51.1 Å². The summed E-state index contributed by atoms with van der Waals surface area (Å²) in [6.45, 7) is 1.40. The van der Waals surface area contributed by atoms with Gasteiger partial charge >= 0.3 is 5.97 Å². The highest BCUT2D eigenvalue weighted by Crippen LogP contribution is 2.45. The molecular weight excluding hydrogens is 707 g/mol. The maximum Gasteiger partial charge on any atom is 0.343 e. The van der Waals surface area contributed by atoms with Crippen LogP contribution in [0.15, 0.2) is 53.3 Å². The molecule has 2 aromatic carbocycles. The number of halogens is 1. The molecule has 13 heteroatoms. The van der Waals surface area contributed by atoms with Gasteiger partial charge in [0.1, 0.15) is 18.7 Å². The summed E-state index contributed by atoms with van der Waals surface area (Å²) in [5.74, 6) is -2.47. The van der Waals surface area contributed by atoms with Gasteiger partial charge in [0.2, 0.25) is 11.8 Å². The first-order chi connectivity index (χ1) is 26.5. The lowest BCUT2D eigenvalue weighted by molar-refractivity contribution is -0.172. The van der Waals surface area contributed by atoms with E-state index in [-0.39, 0.29) is 74.1 Å². The quantitative estimate of drug-likeness (QED) is 0.0796. The van der Waals surface area contributed by atoms with Gasteiger partial charge in [0.15, 0.2) is 11.4 Å². The monoisotopic (exact) mass is 750 g/mol. The summed E-state index contributed by atoms with van der Waals surface area (Å²) in [6.07, 6.45) is 4.37. The van der Waals surface area contributed by atoms with E-state index in [4.69, 9.17) is 9.72 Å². The van der Waals surface area contributed by atoms with Crippen molar-refractivity contribution < 1.29 is 38.2 Å². The number of nitrogens with one attached hydrogen (secondary N) is 2. The minimum absolute atomic E-state index is 0.00155. The van der Waals surface area contributed by atoms with E-state index in [0.29, 0.717) is 61.7 Å². The zero-order chi connectivity index (χ0) is 38.9. The molecule has 3 aliphatic rings.